The lowest BCUT2D eigenvalue weighted by molar-refractivity contribution is -0.138. The second-order valence-corrected chi connectivity index (χ2v) is 8.54. The number of methoxy groups -OCH3 is 1. The molecule has 0 bridgehead atoms. The second kappa shape index (κ2) is 10.0. The monoisotopic (exact) mass is 468 g/mol. The van der Waals surface area contributed by atoms with E-state index in [2.05, 4.69) is 20.9 Å². The Morgan fingerprint density at radius 1 is 0.886 bits per heavy atom. The van der Waals surface area contributed by atoms with Crippen molar-refractivity contribution in [3.63, 3.8) is 0 Å². The van der Waals surface area contributed by atoms with Gasteiger partial charge in [0.15, 0.2) is 6.10 Å². The first-order valence-electron chi connectivity index (χ1n) is 11.8. The molecule has 2 heterocycles. The number of aromatic nitrogens is 2. The molecular weight excluding hydrogens is 440 g/mol. The van der Waals surface area contributed by atoms with E-state index in [0.717, 1.165) is 46.8 Å². The van der Waals surface area contributed by atoms with Gasteiger partial charge in [-0.05, 0) is 55.5 Å². The summed E-state index contributed by atoms with van der Waals surface area (Å²) in [6.07, 6.45) is 1.21. The minimum absolute atomic E-state index is 0.000218. The van der Waals surface area contributed by atoms with E-state index in [0.29, 0.717) is 18.8 Å². The summed E-state index contributed by atoms with van der Waals surface area (Å²) in [5.41, 5.74) is 4.58. The first kappa shape index (κ1) is 22.7. The molecule has 1 atom stereocenters. The Kier molecular flexibility index (Phi) is 6.48. The number of rotatable bonds is 6. The van der Waals surface area contributed by atoms with E-state index in [-0.39, 0.29) is 5.91 Å². The van der Waals surface area contributed by atoms with E-state index in [1.165, 1.54) is 0 Å². The third kappa shape index (κ3) is 5.04. The van der Waals surface area contributed by atoms with E-state index in [1.54, 1.807) is 20.2 Å². The molecule has 7 heteroatoms. The highest BCUT2D eigenvalue weighted by molar-refractivity contribution is 5.81. The van der Waals surface area contributed by atoms with Crippen LogP contribution in [0.2, 0.25) is 0 Å². The number of carbonyl (C=O) groups excluding carboxylic acids is 1. The van der Waals surface area contributed by atoms with Gasteiger partial charge in [0.05, 0.1) is 30.0 Å². The minimum Gasteiger partial charge on any atom is -0.497 e. The topological polar surface area (TPSA) is 67.8 Å². The highest BCUT2D eigenvalue weighted by atomic mass is 16.5. The number of amides is 1. The maximum atomic E-state index is 13.0. The summed E-state index contributed by atoms with van der Waals surface area (Å²) in [6, 6.07) is 23.4. The fraction of sp³-hybridized carbons (Fsp3) is 0.250. The summed E-state index contributed by atoms with van der Waals surface area (Å²) >= 11 is 0. The molecule has 0 spiro atoms. The maximum Gasteiger partial charge on any atom is 0.263 e. The molecule has 0 saturated carbocycles. The van der Waals surface area contributed by atoms with Crippen molar-refractivity contribution in [1.82, 2.24) is 14.9 Å². The average Bonchev–Trinajstić information content (AvgIpc) is 2.93. The number of anilines is 1. The van der Waals surface area contributed by atoms with Gasteiger partial charge in [0.1, 0.15) is 11.5 Å². The lowest BCUT2D eigenvalue weighted by atomic mass is 10.1. The maximum absolute atomic E-state index is 13.0. The summed E-state index contributed by atoms with van der Waals surface area (Å²) in [5, 5.41) is 0. The molecule has 178 valence electrons. The highest BCUT2D eigenvalue weighted by Crippen LogP contribution is 2.24. The van der Waals surface area contributed by atoms with Crippen LogP contribution >= 0.6 is 0 Å². The number of fused-ring (bicyclic) bond motifs is 1. The zero-order valence-electron chi connectivity index (χ0n) is 19.9. The normalized spacial score (nSPS) is 14.6. The van der Waals surface area contributed by atoms with Crippen molar-refractivity contribution >= 4 is 22.6 Å². The lowest BCUT2D eigenvalue weighted by Gasteiger charge is -2.37. The molecule has 0 N–H and O–H groups in total. The van der Waals surface area contributed by atoms with Crippen LogP contribution < -0.4 is 14.4 Å². The zero-order valence-corrected chi connectivity index (χ0v) is 19.9. The third-order valence-corrected chi connectivity index (χ3v) is 6.27. The van der Waals surface area contributed by atoms with Gasteiger partial charge < -0.3 is 19.3 Å². The number of para-hydroxylation sites is 2. The number of hydrogen-bond donors (Lipinski definition) is 0. The van der Waals surface area contributed by atoms with Gasteiger partial charge in [0.25, 0.3) is 5.91 Å². The van der Waals surface area contributed by atoms with Crippen LogP contribution in [-0.2, 0) is 4.79 Å². The Labute approximate surface area is 204 Å². The number of nitrogens with zero attached hydrogens (tertiary/aromatic N) is 4. The van der Waals surface area contributed by atoms with Crippen LogP contribution in [0.25, 0.3) is 22.3 Å². The van der Waals surface area contributed by atoms with Crippen LogP contribution in [0.3, 0.4) is 0 Å². The van der Waals surface area contributed by atoms with Gasteiger partial charge in [-0.2, -0.15) is 0 Å². The SMILES string of the molecule is COc1cccc(N2CCN(C(=O)[C@@H](C)Oc3ccc(-c4cnc5ccccc5n4)cc3)CC2)c1. The predicted octanol–water partition coefficient (Wildman–Crippen LogP) is 4.42. The number of piperazine rings is 1. The van der Waals surface area contributed by atoms with Crippen LogP contribution in [0.15, 0.2) is 79.0 Å². The van der Waals surface area contributed by atoms with Crippen molar-refractivity contribution < 1.29 is 14.3 Å². The van der Waals surface area contributed by atoms with E-state index in [9.17, 15) is 4.79 Å². The van der Waals surface area contributed by atoms with Gasteiger partial charge in [0.2, 0.25) is 0 Å². The Morgan fingerprint density at radius 2 is 1.63 bits per heavy atom. The van der Waals surface area contributed by atoms with Crippen LogP contribution in [-0.4, -0.2) is 60.2 Å². The fourth-order valence-electron chi connectivity index (χ4n) is 4.30. The van der Waals surface area contributed by atoms with Crippen molar-refractivity contribution in [2.24, 2.45) is 0 Å². The smallest absolute Gasteiger partial charge is 0.263 e. The van der Waals surface area contributed by atoms with Gasteiger partial charge in [-0.1, -0.05) is 18.2 Å². The van der Waals surface area contributed by atoms with E-state index in [4.69, 9.17) is 9.47 Å². The zero-order chi connectivity index (χ0) is 24.2. The van der Waals surface area contributed by atoms with Gasteiger partial charge in [-0.25, -0.2) is 4.98 Å². The van der Waals surface area contributed by atoms with Crippen molar-refractivity contribution in [3.05, 3.63) is 79.0 Å². The van der Waals surface area contributed by atoms with E-state index in [1.807, 2.05) is 71.6 Å². The molecule has 1 amide bonds. The molecule has 4 aromatic rings. The summed E-state index contributed by atoms with van der Waals surface area (Å²) < 4.78 is 11.3. The molecule has 0 aliphatic carbocycles. The van der Waals surface area contributed by atoms with Crippen LogP contribution in [0.1, 0.15) is 6.92 Å². The largest absolute Gasteiger partial charge is 0.497 e. The standard InChI is InChI=1S/C28H28N4O3/c1-20(28(33)32-16-14-31(15-17-32)22-6-5-7-24(18-22)34-2)35-23-12-10-21(11-13-23)27-19-29-25-8-3-4-9-26(25)30-27/h3-13,18-20H,14-17H2,1-2H3/t20-/m1/s1. The fourth-order valence-corrected chi connectivity index (χ4v) is 4.30. The minimum atomic E-state index is -0.565. The molecule has 1 fully saturated rings. The molecule has 35 heavy (non-hydrogen) atoms. The molecule has 0 radical (unpaired) electrons. The first-order chi connectivity index (χ1) is 17.1. The number of carbonyl (C=O) groups is 1. The van der Waals surface area contributed by atoms with E-state index >= 15 is 0 Å². The van der Waals surface area contributed by atoms with Crippen LogP contribution in [0.5, 0.6) is 11.5 Å². The van der Waals surface area contributed by atoms with Gasteiger partial charge >= 0.3 is 0 Å². The second-order valence-electron chi connectivity index (χ2n) is 8.54. The van der Waals surface area contributed by atoms with Crippen LogP contribution in [0, 0.1) is 0 Å². The number of hydrogen-bond acceptors (Lipinski definition) is 6. The highest BCUT2D eigenvalue weighted by Gasteiger charge is 2.26. The molecule has 5 rings (SSSR count). The van der Waals surface area contributed by atoms with E-state index < -0.39 is 6.10 Å². The van der Waals surface area contributed by atoms with Crippen molar-refractivity contribution in [2.45, 2.75) is 13.0 Å². The molecule has 1 aliphatic rings. The molecule has 1 saturated heterocycles. The third-order valence-electron chi connectivity index (χ3n) is 6.27. The quantitative estimate of drug-likeness (QED) is 0.417. The first-order valence-corrected chi connectivity index (χ1v) is 11.8. The molecule has 0 unspecified atom stereocenters. The predicted molar refractivity (Wildman–Crippen MR) is 137 cm³/mol. The lowest BCUT2D eigenvalue weighted by Crippen LogP contribution is -2.52. The van der Waals surface area contributed by atoms with Crippen molar-refractivity contribution in [3.8, 4) is 22.8 Å². The van der Waals surface area contributed by atoms with Crippen LogP contribution in [0.4, 0.5) is 5.69 Å². The molecule has 1 aromatic heterocycles. The molecule has 7 nitrogen and oxygen atoms in total. The van der Waals surface area contributed by atoms with Crippen molar-refractivity contribution in [2.75, 3.05) is 38.2 Å². The van der Waals surface area contributed by atoms with Gasteiger partial charge in [0, 0.05) is 43.5 Å². The Balaban J connectivity index is 1.18. The molecular formula is C28H28N4O3. The summed E-state index contributed by atoms with van der Waals surface area (Å²) in [4.78, 5) is 26.3. The Hall–Kier alpha value is -4.13. The summed E-state index contributed by atoms with van der Waals surface area (Å²) in [6.45, 7) is 4.66. The van der Waals surface area contributed by atoms with Gasteiger partial charge in [-0.15, -0.1) is 0 Å². The number of ether oxygens (including phenoxy) is 2. The Bertz CT molecular complexity index is 1320. The van der Waals surface area contributed by atoms with Gasteiger partial charge in [-0.3, -0.25) is 9.78 Å². The average molecular weight is 469 g/mol. The summed E-state index contributed by atoms with van der Waals surface area (Å²) in [7, 11) is 1.67. The molecule has 3 aromatic carbocycles. The number of benzene rings is 3. The molecule has 1 aliphatic heterocycles. The summed E-state index contributed by atoms with van der Waals surface area (Å²) in [5.74, 6) is 1.49. The van der Waals surface area contributed by atoms with Crippen molar-refractivity contribution in [1.29, 1.82) is 0 Å². The Morgan fingerprint density at radius 3 is 2.37 bits per heavy atom.